The highest BCUT2D eigenvalue weighted by atomic mass is 15.2. The van der Waals surface area contributed by atoms with E-state index in [2.05, 4.69) is 39.5 Å². The average molecular weight is 254 g/mol. The van der Waals surface area contributed by atoms with E-state index in [9.17, 15) is 0 Å². The normalized spacial score (nSPS) is 30.7. The minimum Gasteiger partial charge on any atom is -0.330 e. The number of rotatable bonds is 6. The van der Waals surface area contributed by atoms with Crippen LogP contribution in [0, 0.1) is 17.3 Å². The van der Waals surface area contributed by atoms with E-state index < -0.39 is 0 Å². The fraction of sp³-hybridized carbons (Fsp3) is 1.00. The minimum absolute atomic E-state index is 0.327. The van der Waals surface area contributed by atoms with Crippen LogP contribution in [0.1, 0.15) is 60.3 Å². The fourth-order valence-corrected chi connectivity index (χ4v) is 3.15. The van der Waals surface area contributed by atoms with Crippen LogP contribution in [0.4, 0.5) is 0 Å². The molecule has 2 nitrogen and oxygen atoms in total. The Kier molecular flexibility index (Phi) is 6.13. The van der Waals surface area contributed by atoms with Crippen LogP contribution in [-0.2, 0) is 0 Å². The maximum absolute atomic E-state index is 5.78. The maximum atomic E-state index is 5.78. The van der Waals surface area contributed by atoms with Crippen molar-refractivity contribution in [3.63, 3.8) is 0 Å². The van der Waals surface area contributed by atoms with Crippen molar-refractivity contribution in [3.8, 4) is 0 Å². The SMILES string of the molecule is CC1CC(C)C(C)N(CCCCC(C)(C)CN)C1. The van der Waals surface area contributed by atoms with Crippen LogP contribution in [-0.4, -0.2) is 30.6 Å². The van der Waals surface area contributed by atoms with Crippen LogP contribution in [0.25, 0.3) is 0 Å². The molecule has 3 unspecified atom stereocenters. The standard InChI is InChI=1S/C16H34N2/c1-13-10-14(2)15(3)18(11-13)9-7-6-8-16(4,5)12-17/h13-15H,6-12,17H2,1-5H3. The summed E-state index contributed by atoms with van der Waals surface area (Å²) in [5, 5.41) is 0. The van der Waals surface area contributed by atoms with Gasteiger partial charge in [-0.15, -0.1) is 0 Å². The van der Waals surface area contributed by atoms with E-state index in [1.807, 2.05) is 0 Å². The van der Waals surface area contributed by atoms with Gasteiger partial charge in [-0.05, 0) is 56.5 Å². The molecule has 0 aromatic heterocycles. The van der Waals surface area contributed by atoms with Gasteiger partial charge in [-0.1, -0.05) is 34.1 Å². The highest BCUT2D eigenvalue weighted by Gasteiger charge is 2.28. The molecule has 2 heteroatoms. The molecule has 1 heterocycles. The van der Waals surface area contributed by atoms with E-state index in [-0.39, 0.29) is 0 Å². The zero-order valence-corrected chi connectivity index (χ0v) is 13.2. The van der Waals surface area contributed by atoms with Gasteiger partial charge in [-0.2, -0.15) is 0 Å². The van der Waals surface area contributed by atoms with Crippen molar-refractivity contribution in [1.29, 1.82) is 0 Å². The first kappa shape index (κ1) is 16.0. The maximum Gasteiger partial charge on any atom is 0.00927 e. The topological polar surface area (TPSA) is 29.3 Å². The van der Waals surface area contributed by atoms with Crippen LogP contribution >= 0.6 is 0 Å². The molecule has 0 aromatic carbocycles. The molecule has 1 saturated heterocycles. The number of piperidine rings is 1. The van der Waals surface area contributed by atoms with Crippen LogP contribution in [0.15, 0.2) is 0 Å². The number of likely N-dealkylation sites (tertiary alicyclic amines) is 1. The van der Waals surface area contributed by atoms with Crippen LogP contribution in [0.3, 0.4) is 0 Å². The molecule has 3 atom stereocenters. The highest BCUT2D eigenvalue weighted by molar-refractivity contribution is 4.82. The van der Waals surface area contributed by atoms with Gasteiger partial charge < -0.3 is 10.6 Å². The van der Waals surface area contributed by atoms with Crippen molar-refractivity contribution in [3.05, 3.63) is 0 Å². The first-order chi connectivity index (χ1) is 8.35. The molecule has 2 N–H and O–H groups in total. The molecule has 0 aliphatic carbocycles. The van der Waals surface area contributed by atoms with Crippen molar-refractivity contribution >= 4 is 0 Å². The van der Waals surface area contributed by atoms with Gasteiger partial charge >= 0.3 is 0 Å². The van der Waals surface area contributed by atoms with Crippen LogP contribution < -0.4 is 5.73 Å². The molecule has 1 rings (SSSR count). The first-order valence-electron chi connectivity index (χ1n) is 7.80. The number of unbranched alkanes of at least 4 members (excludes halogenated alkanes) is 1. The van der Waals surface area contributed by atoms with Crippen molar-refractivity contribution in [2.75, 3.05) is 19.6 Å². The fourth-order valence-electron chi connectivity index (χ4n) is 3.15. The lowest BCUT2D eigenvalue weighted by Crippen LogP contribution is -2.46. The number of hydrogen-bond donors (Lipinski definition) is 1. The van der Waals surface area contributed by atoms with Gasteiger partial charge in [0.05, 0.1) is 0 Å². The van der Waals surface area contributed by atoms with Crippen LogP contribution in [0.2, 0.25) is 0 Å². The highest BCUT2D eigenvalue weighted by Crippen LogP contribution is 2.27. The van der Waals surface area contributed by atoms with E-state index in [4.69, 9.17) is 5.73 Å². The summed E-state index contributed by atoms with van der Waals surface area (Å²) >= 11 is 0. The third-order valence-corrected chi connectivity index (χ3v) is 4.82. The second-order valence-electron chi connectivity index (χ2n) is 7.38. The number of hydrogen-bond acceptors (Lipinski definition) is 2. The molecule has 0 amide bonds. The molecule has 0 radical (unpaired) electrons. The van der Waals surface area contributed by atoms with E-state index in [1.54, 1.807) is 0 Å². The van der Waals surface area contributed by atoms with E-state index in [0.29, 0.717) is 5.41 Å². The Hall–Kier alpha value is -0.0800. The Morgan fingerprint density at radius 1 is 1.17 bits per heavy atom. The van der Waals surface area contributed by atoms with Crippen molar-refractivity contribution in [2.24, 2.45) is 23.0 Å². The van der Waals surface area contributed by atoms with Gasteiger partial charge in [0.1, 0.15) is 0 Å². The molecule has 0 spiro atoms. The summed E-state index contributed by atoms with van der Waals surface area (Å²) in [7, 11) is 0. The Morgan fingerprint density at radius 3 is 2.44 bits per heavy atom. The molecular formula is C16H34N2. The molecule has 1 aliphatic heterocycles. The summed E-state index contributed by atoms with van der Waals surface area (Å²) in [4.78, 5) is 2.70. The van der Waals surface area contributed by atoms with Gasteiger partial charge in [0.25, 0.3) is 0 Å². The number of nitrogens with two attached hydrogens (primary N) is 1. The summed E-state index contributed by atoms with van der Waals surface area (Å²) in [6.07, 6.45) is 5.30. The lowest BCUT2D eigenvalue weighted by molar-refractivity contribution is 0.0773. The van der Waals surface area contributed by atoms with Crippen LogP contribution in [0.5, 0.6) is 0 Å². The van der Waals surface area contributed by atoms with Gasteiger partial charge in [-0.25, -0.2) is 0 Å². The molecule has 0 saturated carbocycles. The predicted molar refractivity (Wildman–Crippen MR) is 80.7 cm³/mol. The van der Waals surface area contributed by atoms with E-state index in [1.165, 1.54) is 38.8 Å². The number of nitrogens with zero attached hydrogens (tertiary/aromatic N) is 1. The van der Waals surface area contributed by atoms with Crippen molar-refractivity contribution in [2.45, 2.75) is 66.3 Å². The molecule has 1 fully saturated rings. The monoisotopic (exact) mass is 254 g/mol. The third kappa shape index (κ3) is 4.89. The summed E-state index contributed by atoms with van der Waals surface area (Å²) < 4.78 is 0. The smallest absolute Gasteiger partial charge is 0.00927 e. The Balaban J connectivity index is 2.26. The lowest BCUT2D eigenvalue weighted by Gasteiger charge is -2.41. The zero-order chi connectivity index (χ0) is 13.8. The Bertz CT molecular complexity index is 237. The Morgan fingerprint density at radius 2 is 1.83 bits per heavy atom. The molecule has 1 aliphatic rings. The molecule has 0 bridgehead atoms. The second-order valence-corrected chi connectivity index (χ2v) is 7.38. The summed E-state index contributed by atoms with van der Waals surface area (Å²) in [6.45, 7) is 15.1. The third-order valence-electron chi connectivity index (χ3n) is 4.82. The average Bonchev–Trinajstić information content (AvgIpc) is 2.30. The summed E-state index contributed by atoms with van der Waals surface area (Å²) in [6, 6.07) is 0.767. The second kappa shape index (κ2) is 6.91. The quantitative estimate of drug-likeness (QED) is 0.735. The largest absolute Gasteiger partial charge is 0.330 e. The first-order valence-corrected chi connectivity index (χ1v) is 7.80. The van der Waals surface area contributed by atoms with Gasteiger partial charge in [0, 0.05) is 12.6 Å². The Labute approximate surface area is 114 Å². The zero-order valence-electron chi connectivity index (χ0n) is 13.2. The molecule has 0 aromatic rings. The van der Waals surface area contributed by atoms with Gasteiger partial charge in [0.2, 0.25) is 0 Å². The van der Waals surface area contributed by atoms with Gasteiger partial charge in [0.15, 0.2) is 0 Å². The molecular weight excluding hydrogens is 220 g/mol. The predicted octanol–water partition coefficient (Wildman–Crippen LogP) is 3.51. The van der Waals surface area contributed by atoms with Crippen molar-refractivity contribution < 1.29 is 0 Å². The molecule has 108 valence electrons. The van der Waals surface area contributed by atoms with Gasteiger partial charge in [-0.3, -0.25) is 0 Å². The molecule has 18 heavy (non-hydrogen) atoms. The summed E-state index contributed by atoms with van der Waals surface area (Å²) in [5.41, 5.74) is 6.11. The summed E-state index contributed by atoms with van der Waals surface area (Å²) in [5.74, 6) is 1.73. The van der Waals surface area contributed by atoms with Crippen molar-refractivity contribution in [1.82, 2.24) is 4.90 Å². The minimum atomic E-state index is 0.327. The van der Waals surface area contributed by atoms with E-state index >= 15 is 0 Å². The van der Waals surface area contributed by atoms with E-state index in [0.717, 1.165) is 24.4 Å². The lowest BCUT2D eigenvalue weighted by atomic mass is 9.85.